The van der Waals surface area contributed by atoms with Gasteiger partial charge in [-0.1, -0.05) is 18.2 Å². The molecule has 0 saturated heterocycles. The molecule has 3 heteroatoms. The number of nitrogens with one attached hydrogen (secondary N) is 1. The zero-order valence-corrected chi connectivity index (χ0v) is 10.5. The SMILES string of the molecule is O=C(O)C1CC1CNCc1ccc2c(c1)CCC2. The predicted octanol–water partition coefficient (Wildman–Crippen LogP) is 1.99. The molecular weight excluding hydrogens is 226 g/mol. The van der Waals surface area contributed by atoms with Crippen LogP contribution >= 0.6 is 0 Å². The van der Waals surface area contributed by atoms with Gasteiger partial charge in [-0.15, -0.1) is 0 Å². The summed E-state index contributed by atoms with van der Waals surface area (Å²) < 4.78 is 0. The van der Waals surface area contributed by atoms with Gasteiger partial charge in [0, 0.05) is 6.54 Å². The fourth-order valence-corrected chi connectivity index (χ4v) is 2.91. The van der Waals surface area contributed by atoms with Crippen LogP contribution in [0.3, 0.4) is 0 Å². The van der Waals surface area contributed by atoms with Crippen LogP contribution in [0, 0.1) is 11.8 Å². The predicted molar refractivity (Wildman–Crippen MR) is 69.4 cm³/mol. The van der Waals surface area contributed by atoms with E-state index in [2.05, 4.69) is 23.5 Å². The Hall–Kier alpha value is -1.35. The molecule has 0 bridgehead atoms. The molecule has 96 valence electrons. The summed E-state index contributed by atoms with van der Waals surface area (Å²) in [5, 5.41) is 12.2. The molecule has 0 aliphatic heterocycles. The van der Waals surface area contributed by atoms with Crippen molar-refractivity contribution in [2.45, 2.75) is 32.2 Å². The number of fused-ring (bicyclic) bond motifs is 1. The first-order valence-corrected chi connectivity index (χ1v) is 6.78. The van der Waals surface area contributed by atoms with Gasteiger partial charge in [0.1, 0.15) is 0 Å². The van der Waals surface area contributed by atoms with Crippen LogP contribution in [0.15, 0.2) is 18.2 Å². The van der Waals surface area contributed by atoms with E-state index in [0.29, 0.717) is 5.92 Å². The second-order valence-electron chi connectivity index (χ2n) is 5.53. The minimum Gasteiger partial charge on any atom is -0.481 e. The van der Waals surface area contributed by atoms with E-state index in [1.54, 1.807) is 0 Å². The van der Waals surface area contributed by atoms with Gasteiger partial charge in [0.2, 0.25) is 0 Å². The minimum atomic E-state index is -0.640. The Morgan fingerprint density at radius 3 is 2.94 bits per heavy atom. The van der Waals surface area contributed by atoms with E-state index in [4.69, 9.17) is 5.11 Å². The van der Waals surface area contributed by atoms with Crippen LogP contribution in [-0.4, -0.2) is 17.6 Å². The highest BCUT2D eigenvalue weighted by Gasteiger charge is 2.42. The van der Waals surface area contributed by atoms with Crippen LogP contribution in [0.4, 0.5) is 0 Å². The summed E-state index contributed by atoms with van der Waals surface area (Å²) in [6, 6.07) is 6.74. The first-order chi connectivity index (χ1) is 8.74. The first-order valence-electron chi connectivity index (χ1n) is 6.78. The number of carboxylic acid groups (broad SMARTS) is 1. The van der Waals surface area contributed by atoms with E-state index in [1.807, 2.05) is 0 Å². The Bertz CT molecular complexity index is 470. The van der Waals surface area contributed by atoms with Crippen molar-refractivity contribution in [3.05, 3.63) is 34.9 Å². The lowest BCUT2D eigenvalue weighted by Gasteiger charge is -2.06. The Kier molecular flexibility index (Phi) is 3.08. The van der Waals surface area contributed by atoms with E-state index >= 15 is 0 Å². The van der Waals surface area contributed by atoms with Gasteiger partial charge in [0.05, 0.1) is 5.92 Å². The number of carboxylic acids is 1. The van der Waals surface area contributed by atoms with Gasteiger partial charge < -0.3 is 10.4 Å². The van der Waals surface area contributed by atoms with Gasteiger partial charge in [-0.05, 0) is 54.8 Å². The van der Waals surface area contributed by atoms with Gasteiger partial charge in [0.25, 0.3) is 0 Å². The quantitative estimate of drug-likeness (QED) is 0.834. The summed E-state index contributed by atoms with van der Waals surface area (Å²) in [7, 11) is 0. The summed E-state index contributed by atoms with van der Waals surface area (Å²) in [6.45, 7) is 1.68. The molecule has 1 fully saturated rings. The van der Waals surface area contributed by atoms with E-state index in [9.17, 15) is 4.79 Å². The highest BCUT2D eigenvalue weighted by Crippen LogP contribution is 2.37. The van der Waals surface area contributed by atoms with Gasteiger partial charge in [-0.25, -0.2) is 0 Å². The van der Waals surface area contributed by atoms with Gasteiger partial charge in [-0.3, -0.25) is 4.79 Å². The lowest BCUT2D eigenvalue weighted by atomic mass is 10.1. The maximum absolute atomic E-state index is 10.7. The minimum absolute atomic E-state index is 0.0995. The van der Waals surface area contributed by atoms with Crippen molar-refractivity contribution in [1.29, 1.82) is 0 Å². The normalized spacial score (nSPS) is 24.9. The summed E-state index contributed by atoms with van der Waals surface area (Å²) in [5.41, 5.74) is 4.33. The maximum atomic E-state index is 10.7. The van der Waals surface area contributed by atoms with Gasteiger partial charge >= 0.3 is 5.97 Å². The van der Waals surface area contributed by atoms with Crippen molar-refractivity contribution in [3.8, 4) is 0 Å². The van der Waals surface area contributed by atoms with Crippen LogP contribution < -0.4 is 5.32 Å². The van der Waals surface area contributed by atoms with Crippen LogP contribution in [0.2, 0.25) is 0 Å². The van der Waals surface area contributed by atoms with Crippen molar-refractivity contribution in [3.63, 3.8) is 0 Å². The Labute approximate surface area is 107 Å². The smallest absolute Gasteiger partial charge is 0.306 e. The third kappa shape index (κ3) is 2.41. The van der Waals surface area contributed by atoms with Crippen LogP contribution in [0.1, 0.15) is 29.5 Å². The maximum Gasteiger partial charge on any atom is 0.306 e. The molecule has 0 amide bonds. The second-order valence-corrected chi connectivity index (χ2v) is 5.53. The lowest BCUT2D eigenvalue weighted by Crippen LogP contribution is -2.18. The topological polar surface area (TPSA) is 49.3 Å². The fourth-order valence-electron chi connectivity index (χ4n) is 2.91. The molecule has 0 heterocycles. The van der Waals surface area contributed by atoms with Crippen molar-refractivity contribution in [2.75, 3.05) is 6.54 Å². The molecular formula is C15H19NO2. The zero-order valence-electron chi connectivity index (χ0n) is 10.5. The van der Waals surface area contributed by atoms with Crippen molar-refractivity contribution < 1.29 is 9.90 Å². The molecule has 1 aromatic carbocycles. The van der Waals surface area contributed by atoms with E-state index in [0.717, 1.165) is 19.5 Å². The van der Waals surface area contributed by atoms with Crippen LogP contribution in [-0.2, 0) is 24.2 Å². The summed E-state index contributed by atoms with van der Waals surface area (Å²) >= 11 is 0. The number of aryl methyl sites for hydroxylation is 2. The molecule has 3 nitrogen and oxygen atoms in total. The highest BCUT2D eigenvalue weighted by molar-refractivity contribution is 5.73. The van der Waals surface area contributed by atoms with Crippen LogP contribution in [0.5, 0.6) is 0 Å². The lowest BCUT2D eigenvalue weighted by molar-refractivity contribution is -0.138. The zero-order chi connectivity index (χ0) is 12.5. The molecule has 2 unspecified atom stereocenters. The number of carbonyl (C=O) groups is 1. The second kappa shape index (κ2) is 4.73. The standard InChI is InChI=1S/C15H19NO2/c17-15(18)14-7-13(14)9-16-8-10-4-5-11-2-1-3-12(11)6-10/h4-6,13-14,16H,1-3,7-9H2,(H,17,18). The Morgan fingerprint density at radius 1 is 1.33 bits per heavy atom. The summed E-state index contributed by atoms with van der Waals surface area (Å²) in [4.78, 5) is 10.7. The molecule has 2 aliphatic rings. The monoisotopic (exact) mass is 245 g/mol. The molecule has 2 N–H and O–H groups in total. The van der Waals surface area contributed by atoms with Crippen molar-refractivity contribution in [2.24, 2.45) is 11.8 Å². The molecule has 0 aromatic heterocycles. The Balaban J connectivity index is 1.48. The third-order valence-electron chi connectivity index (χ3n) is 4.14. The number of hydrogen-bond donors (Lipinski definition) is 2. The summed E-state index contributed by atoms with van der Waals surface area (Å²) in [5.74, 6) is -0.395. The number of rotatable bonds is 5. The molecule has 2 atom stereocenters. The average Bonchev–Trinajstić information content (AvgIpc) is 2.98. The van der Waals surface area contributed by atoms with E-state index in [1.165, 1.54) is 36.0 Å². The highest BCUT2D eigenvalue weighted by atomic mass is 16.4. The third-order valence-corrected chi connectivity index (χ3v) is 4.14. The van der Waals surface area contributed by atoms with E-state index in [-0.39, 0.29) is 5.92 Å². The van der Waals surface area contributed by atoms with E-state index < -0.39 is 5.97 Å². The molecule has 2 aliphatic carbocycles. The Morgan fingerprint density at radius 2 is 2.17 bits per heavy atom. The molecule has 0 spiro atoms. The first kappa shape index (κ1) is 11.7. The van der Waals surface area contributed by atoms with Gasteiger partial charge in [0.15, 0.2) is 0 Å². The molecule has 1 aromatic rings. The summed E-state index contributed by atoms with van der Waals surface area (Å²) in [6.07, 6.45) is 4.57. The van der Waals surface area contributed by atoms with Gasteiger partial charge in [-0.2, -0.15) is 0 Å². The molecule has 1 saturated carbocycles. The van der Waals surface area contributed by atoms with Crippen molar-refractivity contribution >= 4 is 5.97 Å². The number of aliphatic carboxylic acids is 1. The molecule has 0 radical (unpaired) electrons. The molecule has 3 rings (SSSR count). The van der Waals surface area contributed by atoms with Crippen molar-refractivity contribution in [1.82, 2.24) is 5.32 Å². The average molecular weight is 245 g/mol. The largest absolute Gasteiger partial charge is 0.481 e. The number of benzene rings is 1. The van der Waals surface area contributed by atoms with Crippen LogP contribution in [0.25, 0.3) is 0 Å². The fraction of sp³-hybridized carbons (Fsp3) is 0.533. The number of hydrogen-bond acceptors (Lipinski definition) is 2. The molecule has 18 heavy (non-hydrogen) atoms.